The molecule has 3 aromatic heterocycles. The number of benzene rings is 8. The van der Waals surface area contributed by atoms with Crippen LogP contribution in [0.4, 0.5) is 0 Å². The van der Waals surface area contributed by atoms with Gasteiger partial charge in [0, 0.05) is 0 Å². The predicted molar refractivity (Wildman–Crippen MR) is 239 cm³/mol. The number of aromatic nitrogens is 4. The second kappa shape index (κ2) is 12.5. The Morgan fingerprint density at radius 1 is 0.386 bits per heavy atom. The Labute approximate surface area is 332 Å². The van der Waals surface area contributed by atoms with Gasteiger partial charge in [-0.15, -0.1) is 0 Å². The molecule has 0 amide bonds. The molecule has 0 radical (unpaired) electrons. The Hall–Kier alpha value is -7.02. The molecule has 0 atom stereocenters. The summed E-state index contributed by atoms with van der Waals surface area (Å²) in [4.78, 5) is 11.6. The van der Waals surface area contributed by atoms with Crippen molar-refractivity contribution in [3.63, 3.8) is 0 Å². The van der Waals surface area contributed by atoms with Crippen LogP contribution in [0.2, 0.25) is 0 Å². The van der Waals surface area contributed by atoms with Crippen LogP contribution in [-0.4, -0.2) is 32.4 Å². The van der Waals surface area contributed by atoms with Gasteiger partial charge in [0.15, 0.2) is 0 Å². The first-order valence-corrected chi connectivity index (χ1v) is 23.7. The summed E-state index contributed by atoms with van der Waals surface area (Å²) in [5.41, 5.74) is 9.98. The number of nitrogens with zero attached hydrogens (tertiary/aromatic N) is 4. The van der Waals surface area contributed by atoms with Crippen molar-refractivity contribution < 1.29 is 0 Å². The SMILES string of the molecule is c1ccc(-c2nc(-n3c4ccccc4c4ccc5c(c6ccccc6n5-c5ccccc5)c43)nc3[c]2[Ge]([c]2ccccc2)([c]2ccccc2)[c]2ccccc2-3)cc1. The van der Waals surface area contributed by atoms with Crippen molar-refractivity contribution >= 4 is 74.5 Å². The zero-order valence-corrected chi connectivity index (χ0v) is 33.0. The number of fused-ring (bicyclic) bond motifs is 10. The van der Waals surface area contributed by atoms with Crippen LogP contribution in [0, 0.1) is 0 Å². The third-order valence-electron chi connectivity index (χ3n) is 12.0. The van der Waals surface area contributed by atoms with E-state index >= 15 is 0 Å². The van der Waals surface area contributed by atoms with E-state index in [1.165, 1.54) is 50.2 Å². The van der Waals surface area contributed by atoms with E-state index in [9.17, 15) is 0 Å². The van der Waals surface area contributed by atoms with E-state index in [1.54, 1.807) is 0 Å². The molecule has 0 saturated heterocycles. The summed E-state index contributed by atoms with van der Waals surface area (Å²) < 4.78 is 10.2. The molecule has 5 heteroatoms. The Morgan fingerprint density at radius 2 is 0.930 bits per heavy atom. The number of hydrogen-bond acceptors (Lipinski definition) is 2. The van der Waals surface area contributed by atoms with Gasteiger partial charge in [-0.3, -0.25) is 0 Å². The molecular formula is C52H34GeN4. The van der Waals surface area contributed by atoms with Gasteiger partial charge in [0.2, 0.25) is 0 Å². The first-order chi connectivity index (χ1) is 28.3. The monoisotopic (exact) mass is 788 g/mol. The van der Waals surface area contributed by atoms with E-state index in [0.29, 0.717) is 5.95 Å². The van der Waals surface area contributed by atoms with Crippen LogP contribution in [-0.2, 0) is 0 Å². The molecule has 0 fully saturated rings. The normalized spacial score (nSPS) is 13.1. The topological polar surface area (TPSA) is 35.6 Å². The van der Waals surface area contributed by atoms with Crippen LogP contribution in [0.15, 0.2) is 206 Å². The third kappa shape index (κ3) is 4.50. The van der Waals surface area contributed by atoms with E-state index in [0.717, 1.165) is 39.2 Å². The average Bonchev–Trinajstić information content (AvgIpc) is 3.92. The first kappa shape index (κ1) is 32.2. The quantitative estimate of drug-likeness (QED) is 0.163. The molecule has 8 aromatic carbocycles. The van der Waals surface area contributed by atoms with E-state index in [2.05, 4.69) is 215 Å². The zero-order chi connectivity index (χ0) is 37.5. The molecule has 0 N–H and O–H groups in total. The molecule has 12 rings (SSSR count). The van der Waals surface area contributed by atoms with E-state index in [4.69, 9.17) is 9.97 Å². The molecule has 0 aliphatic carbocycles. The summed E-state index contributed by atoms with van der Waals surface area (Å²) in [6.45, 7) is 0. The predicted octanol–water partition coefficient (Wildman–Crippen LogP) is 9.70. The van der Waals surface area contributed by atoms with E-state index in [-0.39, 0.29) is 0 Å². The first-order valence-electron chi connectivity index (χ1n) is 19.5. The summed E-state index contributed by atoms with van der Waals surface area (Å²) in [6.07, 6.45) is 0. The third-order valence-corrected chi connectivity index (χ3v) is 22.2. The molecule has 0 unspecified atom stereocenters. The molecule has 11 aromatic rings. The minimum atomic E-state index is -3.71. The van der Waals surface area contributed by atoms with Crippen molar-refractivity contribution in [1.82, 2.24) is 19.1 Å². The fourth-order valence-electron chi connectivity index (χ4n) is 9.77. The zero-order valence-electron chi connectivity index (χ0n) is 30.9. The van der Waals surface area contributed by atoms with Gasteiger partial charge in [0.25, 0.3) is 0 Å². The van der Waals surface area contributed by atoms with Crippen LogP contribution in [0.3, 0.4) is 0 Å². The van der Waals surface area contributed by atoms with Gasteiger partial charge in [-0.1, -0.05) is 6.07 Å². The number of hydrogen-bond donors (Lipinski definition) is 0. The van der Waals surface area contributed by atoms with Gasteiger partial charge >= 0.3 is 328 Å². The van der Waals surface area contributed by atoms with Crippen LogP contribution in [0.1, 0.15) is 0 Å². The second-order valence-electron chi connectivity index (χ2n) is 14.9. The Balaban J connectivity index is 1.27. The van der Waals surface area contributed by atoms with Gasteiger partial charge in [0.1, 0.15) is 0 Å². The van der Waals surface area contributed by atoms with Crippen molar-refractivity contribution in [3.8, 4) is 34.2 Å². The fraction of sp³-hybridized carbons (Fsp3) is 0. The van der Waals surface area contributed by atoms with E-state index < -0.39 is 13.3 Å². The van der Waals surface area contributed by atoms with Crippen molar-refractivity contribution in [2.75, 3.05) is 0 Å². The molecule has 0 saturated carbocycles. The number of rotatable bonds is 5. The van der Waals surface area contributed by atoms with Crippen molar-refractivity contribution in [3.05, 3.63) is 206 Å². The van der Waals surface area contributed by atoms with Crippen LogP contribution in [0.25, 0.3) is 77.8 Å². The average molecular weight is 787 g/mol. The molecular weight excluding hydrogens is 753 g/mol. The molecule has 4 nitrogen and oxygen atoms in total. The minimum absolute atomic E-state index is 0.678. The summed E-state index contributed by atoms with van der Waals surface area (Å²) in [7, 11) is 0. The summed E-state index contributed by atoms with van der Waals surface area (Å²) in [6, 6.07) is 75.0. The van der Waals surface area contributed by atoms with Crippen molar-refractivity contribution in [2.24, 2.45) is 0 Å². The Bertz CT molecular complexity index is 3290. The second-order valence-corrected chi connectivity index (χ2v) is 22.6. The maximum absolute atomic E-state index is 5.83. The van der Waals surface area contributed by atoms with Gasteiger partial charge in [-0.2, -0.15) is 0 Å². The van der Waals surface area contributed by atoms with Crippen molar-refractivity contribution in [2.45, 2.75) is 0 Å². The fourth-order valence-corrected chi connectivity index (χ4v) is 20.8. The standard InChI is InChI=1S/C52H34GeN4/c1-5-19-35(20-6-1)49-48-50(41-28-13-16-30-43(41)53(48,36-21-7-2-8-22-36)37-23-9-3-10-24-37)55-52(54-49)57-44-31-17-14-27-39(44)40-33-34-46-47(51(40)57)42-29-15-18-32-45(42)56(46)38-25-11-4-12-26-38/h1-34H. The summed E-state index contributed by atoms with van der Waals surface area (Å²) >= 11 is -3.71. The van der Waals surface area contributed by atoms with Crippen LogP contribution >= 0.6 is 0 Å². The molecule has 0 spiro atoms. The molecule has 57 heavy (non-hydrogen) atoms. The Morgan fingerprint density at radius 3 is 1.63 bits per heavy atom. The number of para-hydroxylation sites is 3. The molecule has 266 valence electrons. The molecule has 4 heterocycles. The van der Waals surface area contributed by atoms with Gasteiger partial charge in [-0.25, -0.2) is 0 Å². The van der Waals surface area contributed by atoms with Crippen LogP contribution < -0.4 is 17.6 Å². The van der Waals surface area contributed by atoms with Gasteiger partial charge < -0.3 is 0 Å². The summed E-state index contributed by atoms with van der Waals surface area (Å²) in [5, 5.41) is 4.75. The van der Waals surface area contributed by atoms with E-state index in [1.807, 2.05) is 0 Å². The Kier molecular flexibility index (Phi) is 7.07. The van der Waals surface area contributed by atoms with Crippen LogP contribution in [0.5, 0.6) is 0 Å². The molecule has 1 aliphatic rings. The maximum atomic E-state index is 5.83. The van der Waals surface area contributed by atoms with Gasteiger partial charge in [-0.05, 0) is 0 Å². The molecule has 1 aliphatic heterocycles. The molecule has 0 bridgehead atoms. The van der Waals surface area contributed by atoms with Crippen molar-refractivity contribution in [1.29, 1.82) is 0 Å². The summed E-state index contributed by atoms with van der Waals surface area (Å²) in [5.74, 6) is 0.678. The van der Waals surface area contributed by atoms with Gasteiger partial charge in [0.05, 0.1) is 0 Å².